The zero-order chi connectivity index (χ0) is 19.7. The highest BCUT2D eigenvalue weighted by atomic mass is 35.5. The fourth-order valence-electron chi connectivity index (χ4n) is 3.23. The lowest BCUT2D eigenvalue weighted by Gasteiger charge is -2.18. The van der Waals surface area contributed by atoms with Crippen molar-refractivity contribution in [3.05, 3.63) is 58.1 Å². The first kappa shape index (κ1) is 19.8. The number of carbonyl (C=O) groups excluding carboxylic acids is 2. The van der Waals surface area contributed by atoms with E-state index in [1.54, 1.807) is 31.4 Å². The number of halogens is 1. The molecule has 6 heteroatoms. The molecule has 0 aliphatic carbocycles. The van der Waals surface area contributed by atoms with Gasteiger partial charge in [-0.3, -0.25) is 9.59 Å². The zero-order valence-corrected chi connectivity index (χ0v) is 17.4. The van der Waals surface area contributed by atoms with E-state index in [0.29, 0.717) is 23.0 Å². The summed E-state index contributed by atoms with van der Waals surface area (Å²) in [6.07, 6.45) is 0.502. The minimum absolute atomic E-state index is 0.200. The Bertz CT molecular complexity index is 897. The Kier molecular flexibility index (Phi) is 5.82. The van der Waals surface area contributed by atoms with E-state index in [2.05, 4.69) is 19.9 Å². The Morgan fingerprint density at radius 2 is 1.96 bits per heavy atom. The van der Waals surface area contributed by atoms with E-state index < -0.39 is 5.25 Å². The third-order valence-electron chi connectivity index (χ3n) is 4.70. The van der Waals surface area contributed by atoms with E-state index in [-0.39, 0.29) is 11.1 Å². The number of imide groups is 1. The smallest absolute Gasteiger partial charge is 0.293 e. The van der Waals surface area contributed by atoms with Gasteiger partial charge in [0.05, 0.1) is 18.0 Å². The van der Waals surface area contributed by atoms with Gasteiger partial charge in [0.15, 0.2) is 0 Å². The number of anilines is 1. The first-order chi connectivity index (χ1) is 12.8. The van der Waals surface area contributed by atoms with Gasteiger partial charge in [0.2, 0.25) is 5.91 Å². The van der Waals surface area contributed by atoms with E-state index in [9.17, 15) is 9.59 Å². The number of benzene rings is 2. The van der Waals surface area contributed by atoms with Crippen LogP contribution in [0.5, 0.6) is 5.75 Å². The van der Waals surface area contributed by atoms with Crippen LogP contribution >= 0.6 is 23.4 Å². The summed E-state index contributed by atoms with van der Waals surface area (Å²) < 4.78 is 5.49. The minimum atomic E-state index is -0.441. The maximum absolute atomic E-state index is 12.9. The van der Waals surface area contributed by atoms with E-state index in [4.69, 9.17) is 16.3 Å². The normalized spacial score (nSPS) is 17.1. The van der Waals surface area contributed by atoms with Gasteiger partial charge in [-0.1, -0.05) is 49.3 Å². The molecule has 2 amide bonds. The van der Waals surface area contributed by atoms with Crippen LogP contribution in [0.3, 0.4) is 0 Å². The number of rotatable bonds is 5. The number of amides is 2. The van der Waals surface area contributed by atoms with E-state index >= 15 is 0 Å². The highest BCUT2D eigenvalue weighted by Gasteiger charge is 2.40. The molecule has 0 bridgehead atoms. The van der Waals surface area contributed by atoms with Crippen molar-refractivity contribution in [1.29, 1.82) is 0 Å². The summed E-state index contributed by atoms with van der Waals surface area (Å²) in [5.74, 6) is 0.956. The Hall–Kier alpha value is -1.98. The Morgan fingerprint density at radius 1 is 1.22 bits per heavy atom. The van der Waals surface area contributed by atoms with Crippen LogP contribution < -0.4 is 9.64 Å². The van der Waals surface area contributed by atoms with Gasteiger partial charge in [0, 0.05) is 5.02 Å². The molecule has 1 aliphatic heterocycles. The standard InChI is InChI=1S/C21H22ClNO3S/c1-12(2)17-9-14(13(3)8-18(17)26-4)10-19-20(24)23(21(25)27-19)16-7-5-6-15(22)11-16/h5-9,11-12,19H,10H2,1-4H3/t19-/m1/s1. The Morgan fingerprint density at radius 3 is 2.59 bits per heavy atom. The van der Waals surface area contributed by atoms with Gasteiger partial charge < -0.3 is 4.74 Å². The molecule has 142 valence electrons. The fraction of sp³-hybridized carbons (Fsp3) is 0.333. The van der Waals surface area contributed by atoms with Crippen molar-refractivity contribution in [1.82, 2.24) is 0 Å². The molecular formula is C21H22ClNO3S. The van der Waals surface area contributed by atoms with Crippen molar-refractivity contribution < 1.29 is 14.3 Å². The van der Waals surface area contributed by atoms with Crippen LogP contribution in [-0.2, 0) is 11.2 Å². The predicted molar refractivity (Wildman–Crippen MR) is 111 cm³/mol. The summed E-state index contributed by atoms with van der Waals surface area (Å²) in [5.41, 5.74) is 3.73. The summed E-state index contributed by atoms with van der Waals surface area (Å²) in [5, 5.41) is -0.208. The van der Waals surface area contributed by atoms with Crippen molar-refractivity contribution in [3.63, 3.8) is 0 Å². The molecule has 1 saturated heterocycles. The van der Waals surface area contributed by atoms with Crippen LogP contribution in [0.4, 0.5) is 10.5 Å². The number of carbonyl (C=O) groups is 2. The van der Waals surface area contributed by atoms with Crippen LogP contribution in [0.25, 0.3) is 0 Å². The monoisotopic (exact) mass is 403 g/mol. The largest absolute Gasteiger partial charge is 0.496 e. The molecule has 1 fully saturated rings. The average Bonchev–Trinajstić information content (AvgIpc) is 2.89. The van der Waals surface area contributed by atoms with Crippen LogP contribution in [0.15, 0.2) is 36.4 Å². The van der Waals surface area contributed by atoms with Crippen molar-refractivity contribution in [2.75, 3.05) is 12.0 Å². The molecule has 0 spiro atoms. The van der Waals surface area contributed by atoms with Gasteiger partial charge in [-0.05, 0) is 60.2 Å². The second kappa shape index (κ2) is 7.95. The maximum atomic E-state index is 12.9. The third-order valence-corrected chi connectivity index (χ3v) is 5.98. The molecular weight excluding hydrogens is 382 g/mol. The van der Waals surface area contributed by atoms with Crippen molar-refractivity contribution in [3.8, 4) is 5.75 Å². The van der Waals surface area contributed by atoms with Crippen LogP contribution in [0, 0.1) is 6.92 Å². The minimum Gasteiger partial charge on any atom is -0.496 e. The second-order valence-electron chi connectivity index (χ2n) is 6.91. The maximum Gasteiger partial charge on any atom is 0.293 e. The lowest BCUT2D eigenvalue weighted by Crippen LogP contribution is -2.32. The molecule has 2 aromatic rings. The quantitative estimate of drug-likeness (QED) is 0.652. The summed E-state index contributed by atoms with van der Waals surface area (Å²) >= 11 is 7.09. The number of hydrogen-bond donors (Lipinski definition) is 0. The third kappa shape index (κ3) is 3.99. The average molecular weight is 404 g/mol. The topological polar surface area (TPSA) is 46.6 Å². The molecule has 0 radical (unpaired) electrons. The number of ether oxygens (including phenoxy) is 1. The number of aryl methyl sites for hydroxylation is 1. The molecule has 1 atom stereocenters. The molecule has 3 rings (SSSR count). The van der Waals surface area contributed by atoms with Crippen molar-refractivity contribution in [2.45, 2.75) is 38.4 Å². The fourth-order valence-corrected chi connectivity index (χ4v) is 4.43. The first-order valence-corrected chi connectivity index (χ1v) is 10.0. The molecule has 0 unspecified atom stereocenters. The lowest BCUT2D eigenvalue weighted by molar-refractivity contribution is -0.117. The van der Waals surface area contributed by atoms with Gasteiger partial charge in [-0.2, -0.15) is 0 Å². The highest BCUT2D eigenvalue weighted by molar-refractivity contribution is 8.15. The highest BCUT2D eigenvalue weighted by Crippen LogP contribution is 2.36. The first-order valence-electron chi connectivity index (χ1n) is 8.79. The molecule has 2 aromatic carbocycles. The molecule has 4 nitrogen and oxygen atoms in total. The van der Waals surface area contributed by atoms with Crippen molar-refractivity contribution in [2.24, 2.45) is 0 Å². The van der Waals surface area contributed by atoms with Crippen molar-refractivity contribution >= 4 is 40.2 Å². The van der Waals surface area contributed by atoms with Gasteiger partial charge in [0.1, 0.15) is 5.75 Å². The zero-order valence-electron chi connectivity index (χ0n) is 15.8. The van der Waals surface area contributed by atoms with Crippen LogP contribution in [-0.4, -0.2) is 23.5 Å². The number of methoxy groups -OCH3 is 1. The molecule has 27 heavy (non-hydrogen) atoms. The Balaban J connectivity index is 1.88. The SMILES string of the molecule is COc1cc(C)c(C[C@H]2SC(=O)N(c3cccc(Cl)c3)C2=O)cc1C(C)C. The summed E-state index contributed by atoms with van der Waals surface area (Å²) in [4.78, 5) is 26.6. The van der Waals surface area contributed by atoms with Gasteiger partial charge in [-0.15, -0.1) is 0 Å². The molecule has 1 heterocycles. The van der Waals surface area contributed by atoms with E-state index in [1.807, 2.05) is 13.0 Å². The van der Waals surface area contributed by atoms with Gasteiger partial charge >= 0.3 is 0 Å². The predicted octanol–water partition coefficient (Wildman–Crippen LogP) is 5.59. The van der Waals surface area contributed by atoms with E-state index in [1.165, 1.54) is 4.90 Å². The van der Waals surface area contributed by atoms with Crippen LogP contribution in [0.1, 0.15) is 36.5 Å². The number of nitrogens with zero attached hydrogens (tertiary/aromatic N) is 1. The van der Waals surface area contributed by atoms with E-state index in [0.717, 1.165) is 34.2 Å². The summed E-state index contributed by atoms with van der Waals surface area (Å²) in [7, 11) is 1.66. The molecule has 0 saturated carbocycles. The van der Waals surface area contributed by atoms with Crippen LogP contribution in [0.2, 0.25) is 5.02 Å². The summed E-state index contributed by atoms with van der Waals surface area (Å²) in [6, 6.07) is 10.9. The molecule has 0 aromatic heterocycles. The molecule has 1 aliphatic rings. The lowest BCUT2D eigenvalue weighted by atomic mass is 9.94. The summed E-state index contributed by atoms with van der Waals surface area (Å²) in [6.45, 7) is 6.22. The number of hydrogen-bond acceptors (Lipinski definition) is 4. The number of thioether (sulfide) groups is 1. The molecule has 0 N–H and O–H groups in total. The second-order valence-corrected chi connectivity index (χ2v) is 8.50. The Labute approximate surface area is 168 Å². The van der Waals surface area contributed by atoms with Gasteiger partial charge in [-0.25, -0.2) is 4.90 Å². The van der Waals surface area contributed by atoms with Gasteiger partial charge in [0.25, 0.3) is 5.24 Å².